The van der Waals surface area contributed by atoms with Gasteiger partial charge in [0.15, 0.2) is 5.82 Å². The van der Waals surface area contributed by atoms with E-state index in [0.717, 1.165) is 0 Å². The fourth-order valence-electron chi connectivity index (χ4n) is 2.03. The van der Waals surface area contributed by atoms with Gasteiger partial charge in [0.1, 0.15) is 17.3 Å². The minimum absolute atomic E-state index is 0.153. The van der Waals surface area contributed by atoms with Crippen LogP contribution < -0.4 is 5.73 Å². The second-order valence-corrected chi connectivity index (χ2v) is 4.08. The molecule has 2 aromatic carbocycles. The van der Waals surface area contributed by atoms with Gasteiger partial charge in [0.05, 0.1) is 5.56 Å². The molecule has 0 unspecified atom stereocenters. The maximum atomic E-state index is 13.8. The van der Waals surface area contributed by atoms with E-state index >= 15 is 0 Å². The summed E-state index contributed by atoms with van der Waals surface area (Å²) >= 11 is 0. The van der Waals surface area contributed by atoms with Crippen molar-refractivity contribution >= 4 is 16.6 Å². The average Bonchev–Trinajstić information content (AvgIpc) is 2.41. The largest absolute Gasteiger partial charge is 0.382 e. The van der Waals surface area contributed by atoms with Gasteiger partial charge in [-0.15, -0.1) is 10.2 Å². The predicted octanol–water partition coefficient (Wildman–Crippen LogP) is 3.16. The third kappa shape index (κ3) is 1.79. The number of hydrogen-bond donors (Lipinski definition) is 1. The molecule has 0 aliphatic carbocycles. The number of rotatable bonds is 1. The van der Waals surface area contributed by atoms with Crippen LogP contribution in [0.3, 0.4) is 0 Å². The lowest BCUT2D eigenvalue weighted by molar-refractivity contribution is 0.588. The minimum atomic E-state index is -0.677. The third-order valence-electron chi connectivity index (χ3n) is 2.92. The summed E-state index contributed by atoms with van der Waals surface area (Å²) in [4.78, 5) is 0. The van der Waals surface area contributed by atoms with Crippen molar-refractivity contribution in [3.8, 4) is 11.3 Å². The molecule has 0 bridgehead atoms. The smallest absolute Gasteiger partial charge is 0.154 e. The van der Waals surface area contributed by atoms with Gasteiger partial charge in [-0.25, -0.2) is 8.78 Å². The Morgan fingerprint density at radius 1 is 0.789 bits per heavy atom. The monoisotopic (exact) mass is 257 g/mol. The molecule has 0 saturated heterocycles. The number of nitrogens with zero attached hydrogens (tertiary/aromatic N) is 2. The molecule has 3 aromatic rings. The van der Waals surface area contributed by atoms with Gasteiger partial charge in [-0.05, 0) is 12.1 Å². The molecule has 94 valence electrons. The van der Waals surface area contributed by atoms with E-state index in [4.69, 9.17) is 5.73 Å². The number of halogens is 2. The van der Waals surface area contributed by atoms with Crippen LogP contribution in [0.4, 0.5) is 14.6 Å². The quantitative estimate of drug-likeness (QED) is 0.728. The molecule has 1 heterocycles. The zero-order chi connectivity index (χ0) is 13.4. The summed E-state index contributed by atoms with van der Waals surface area (Å²) in [5.41, 5.74) is 5.68. The van der Waals surface area contributed by atoms with Crippen molar-refractivity contribution < 1.29 is 8.78 Å². The second kappa shape index (κ2) is 4.28. The lowest BCUT2D eigenvalue weighted by Crippen LogP contribution is -2.00. The summed E-state index contributed by atoms with van der Waals surface area (Å²) in [5.74, 6) is -1.12. The Kier molecular flexibility index (Phi) is 2.59. The fourth-order valence-corrected chi connectivity index (χ4v) is 2.03. The molecule has 19 heavy (non-hydrogen) atoms. The molecule has 0 atom stereocenters. The van der Waals surface area contributed by atoms with Gasteiger partial charge in [-0.2, -0.15) is 0 Å². The van der Waals surface area contributed by atoms with Crippen LogP contribution in [0.1, 0.15) is 0 Å². The first-order valence-electron chi connectivity index (χ1n) is 5.64. The summed E-state index contributed by atoms with van der Waals surface area (Å²) in [7, 11) is 0. The summed E-state index contributed by atoms with van der Waals surface area (Å²) in [6.45, 7) is 0. The Balaban J connectivity index is 2.41. The highest BCUT2D eigenvalue weighted by Gasteiger charge is 2.16. The van der Waals surface area contributed by atoms with Gasteiger partial charge >= 0.3 is 0 Å². The van der Waals surface area contributed by atoms with Crippen molar-refractivity contribution in [2.45, 2.75) is 0 Å². The van der Waals surface area contributed by atoms with E-state index in [2.05, 4.69) is 10.2 Å². The number of anilines is 1. The second-order valence-electron chi connectivity index (χ2n) is 4.08. The maximum Gasteiger partial charge on any atom is 0.154 e. The van der Waals surface area contributed by atoms with E-state index in [9.17, 15) is 8.78 Å². The first kappa shape index (κ1) is 11.5. The predicted molar refractivity (Wildman–Crippen MR) is 69.3 cm³/mol. The summed E-state index contributed by atoms with van der Waals surface area (Å²) in [6, 6.07) is 10.7. The molecule has 3 nitrogen and oxygen atoms in total. The van der Waals surface area contributed by atoms with Gasteiger partial charge in [0, 0.05) is 10.8 Å². The first-order valence-corrected chi connectivity index (χ1v) is 5.64. The molecule has 3 rings (SSSR count). The number of hydrogen-bond acceptors (Lipinski definition) is 3. The van der Waals surface area contributed by atoms with Crippen molar-refractivity contribution in [1.82, 2.24) is 10.2 Å². The molecule has 0 aliphatic heterocycles. The third-order valence-corrected chi connectivity index (χ3v) is 2.92. The van der Waals surface area contributed by atoms with Crippen molar-refractivity contribution in [1.29, 1.82) is 0 Å². The molecule has 0 fully saturated rings. The standard InChI is InChI=1S/C14H9F2N3/c15-10-6-3-7-11(16)12(10)13-8-4-1-2-5-9(8)14(17)19-18-13/h1-7H,(H2,17,19). The van der Waals surface area contributed by atoms with Crippen LogP contribution in [0, 0.1) is 11.6 Å². The van der Waals surface area contributed by atoms with Gasteiger partial charge in [0.2, 0.25) is 0 Å². The topological polar surface area (TPSA) is 51.8 Å². The van der Waals surface area contributed by atoms with E-state index in [1.165, 1.54) is 18.2 Å². The van der Waals surface area contributed by atoms with Crippen LogP contribution in [0.25, 0.3) is 22.0 Å². The first-order chi connectivity index (χ1) is 9.18. The Hall–Kier alpha value is -2.56. The van der Waals surface area contributed by atoms with Crippen molar-refractivity contribution in [3.05, 3.63) is 54.1 Å². The van der Waals surface area contributed by atoms with E-state index in [1.54, 1.807) is 24.3 Å². The fraction of sp³-hybridized carbons (Fsp3) is 0. The highest BCUT2D eigenvalue weighted by molar-refractivity contribution is 5.99. The lowest BCUT2D eigenvalue weighted by Gasteiger charge is -2.08. The van der Waals surface area contributed by atoms with Crippen molar-refractivity contribution in [2.24, 2.45) is 0 Å². The van der Waals surface area contributed by atoms with Gasteiger partial charge in [0.25, 0.3) is 0 Å². The molecule has 5 heteroatoms. The number of nitrogens with two attached hydrogens (primary N) is 1. The summed E-state index contributed by atoms with van der Waals surface area (Å²) in [6.07, 6.45) is 0. The van der Waals surface area contributed by atoms with Crippen molar-refractivity contribution in [3.63, 3.8) is 0 Å². The van der Waals surface area contributed by atoms with Crippen LogP contribution in [0.5, 0.6) is 0 Å². The molecular weight excluding hydrogens is 248 g/mol. The Morgan fingerprint density at radius 2 is 1.42 bits per heavy atom. The number of benzene rings is 2. The molecule has 0 radical (unpaired) electrons. The van der Waals surface area contributed by atoms with Crippen LogP contribution in [-0.4, -0.2) is 10.2 Å². The number of nitrogen functional groups attached to an aromatic ring is 1. The van der Waals surface area contributed by atoms with Crippen LogP contribution in [0.15, 0.2) is 42.5 Å². The Labute approximate surface area is 107 Å². The summed E-state index contributed by atoms with van der Waals surface area (Å²) in [5, 5.41) is 8.79. The van der Waals surface area contributed by atoms with Gasteiger partial charge in [-0.3, -0.25) is 0 Å². The van der Waals surface area contributed by atoms with E-state index in [0.29, 0.717) is 10.8 Å². The zero-order valence-electron chi connectivity index (χ0n) is 9.77. The Bertz CT molecular complexity index is 751. The van der Waals surface area contributed by atoms with Crippen LogP contribution >= 0.6 is 0 Å². The van der Waals surface area contributed by atoms with Crippen molar-refractivity contribution in [2.75, 3.05) is 5.73 Å². The van der Waals surface area contributed by atoms with Gasteiger partial charge in [-0.1, -0.05) is 30.3 Å². The normalized spacial score (nSPS) is 10.8. The highest BCUT2D eigenvalue weighted by atomic mass is 19.1. The van der Waals surface area contributed by atoms with E-state index < -0.39 is 11.6 Å². The SMILES string of the molecule is Nc1nnc(-c2c(F)cccc2F)c2ccccc12. The average molecular weight is 257 g/mol. The van der Waals surface area contributed by atoms with E-state index in [-0.39, 0.29) is 17.1 Å². The lowest BCUT2D eigenvalue weighted by atomic mass is 10.0. The molecule has 2 N–H and O–H groups in total. The van der Waals surface area contributed by atoms with Crippen LogP contribution in [0.2, 0.25) is 0 Å². The molecular formula is C14H9F2N3. The highest BCUT2D eigenvalue weighted by Crippen LogP contribution is 2.31. The minimum Gasteiger partial charge on any atom is -0.382 e. The zero-order valence-corrected chi connectivity index (χ0v) is 9.77. The van der Waals surface area contributed by atoms with E-state index in [1.807, 2.05) is 0 Å². The van der Waals surface area contributed by atoms with Crippen LogP contribution in [-0.2, 0) is 0 Å². The number of aromatic nitrogens is 2. The number of fused-ring (bicyclic) bond motifs is 1. The molecule has 0 spiro atoms. The molecule has 0 aliphatic rings. The maximum absolute atomic E-state index is 13.8. The molecule has 1 aromatic heterocycles. The Morgan fingerprint density at radius 3 is 2.11 bits per heavy atom. The molecule has 0 saturated carbocycles. The van der Waals surface area contributed by atoms with Gasteiger partial charge < -0.3 is 5.73 Å². The summed E-state index contributed by atoms with van der Waals surface area (Å²) < 4.78 is 27.7. The molecule has 0 amide bonds.